The maximum absolute atomic E-state index is 13.6. The number of aliphatic hydroxyl groups is 1. The lowest BCUT2D eigenvalue weighted by Gasteiger charge is -2.45. The van der Waals surface area contributed by atoms with Crippen LogP contribution in [0.1, 0.15) is 12.8 Å². The van der Waals surface area contributed by atoms with Gasteiger partial charge in [0, 0.05) is 13.0 Å². The van der Waals surface area contributed by atoms with E-state index in [9.17, 15) is 105 Å². The lowest BCUT2D eigenvalue weighted by molar-refractivity contribution is -0.476. The van der Waals surface area contributed by atoms with Gasteiger partial charge in [0.05, 0.1) is 0 Å². The molecule has 0 aromatic carbocycles. The van der Waals surface area contributed by atoms with Gasteiger partial charge in [0.25, 0.3) is 0 Å². The number of hydrogen-bond donors (Lipinski definition) is 1. The van der Waals surface area contributed by atoms with Gasteiger partial charge in [0.15, 0.2) is 0 Å². The molecule has 0 aromatic rings. The van der Waals surface area contributed by atoms with E-state index in [4.69, 9.17) is 5.11 Å². The Bertz CT molecular complexity index is 887. The molecule has 0 rings (SSSR count). The summed E-state index contributed by atoms with van der Waals surface area (Å²) in [5, 5.41) is 8.17. The molecule has 0 fully saturated rings. The number of halogens is 24. The third kappa shape index (κ3) is 4.58. The summed E-state index contributed by atoms with van der Waals surface area (Å²) < 4.78 is 318. The molecule has 1 N–H and O–H groups in total. The van der Waals surface area contributed by atoms with Crippen LogP contribution in [0.2, 0.25) is 0 Å². The minimum atomic E-state index is -9.47. The Kier molecular flexibility index (Phi) is 9.51. The summed E-state index contributed by atoms with van der Waals surface area (Å²) in [7, 11) is 0. The third-order valence-corrected chi connectivity index (χ3v) is 4.96. The molecular weight excluding hydrogens is 652 g/mol. The number of rotatable bonds is 14. The predicted molar refractivity (Wildman–Crippen MR) is 76.7 cm³/mol. The van der Waals surface area contributed by atoms with E-state index in [0.717, 1.165) is 0 Å². The smallest absolute Gasteiger partial charge is 0.385 e. The standard InChI is InChI=1S/C15H8F24O/c16-4(17)6(20,21)8(24,25)10(28,29)12(32,33)14(36,37)15(38,39)13(34,35)11(30,31)9(26,27)7(22,23)5(18,19)2-1-3-40/h4,40H,1-3H2. The SMILES string of the molecule is OCCCC(F)(F)C(F)(F)C(F)(F)C(F)(F)C(F)(F)C(F)(F)C(F)(F)C(F)(F)C(F)(F)C(F)(F)C(F)(F)C(F)F. The van der Waals surface area contributed by atoms with Crippen molar-refractivity contribution in [3.05, 3.63) is 0 Å². The van der Waals surface area contributed by atoms with E-state index in [2.05, 4.69) is 0 Å². The van der Waals surface area contributed by atoms with Crippen molar-refractivity contribution in [1.29, 1.82) is 0 Å². The van der Waals surface area contributed by atoms with Crippen molar-refractivity contribution in [3.63, 3.8) is 0 Å². The van der Waals surface area contributed by atoms with E-state index < -0.39 is 91.0 Å². The van der Waals surface area contributed by atoms with Gasteiger partial charge >= 0.3 is 71.6 Å². The fraction of sp³-hybridized carbons (Fsp3) is 1.00. The summed E-state index contributed by atoms with van der Waals surface area (Å²) in [6.45, 7) is -1.66. The van der Waals surface area contributed by atoms with Crippen LogP contribution in [0.4, 0.5) is 105 Å². The third-order valence-electron chi connectivity index (χ3n) is 4.96. The summed E-state index contributed by atoms with van der Waals surface area (Å²) in [4.78, 5) is 0. The van der Waals surface area contributed by atoms with Crippen LogP contribution in [0.3, 0.4) is 0 Å². The minimum absolute atomic E-state index is 1.66. The van der Waals surface area contributed by atoms with Gasteiger partial charge in [-0.15, -0.1) is 0 Å². The van der Waals surface area contributed by atoms with Gasteiger partial charge in [-0.25, -0.2) is 8.78 Å². The second-order valence-electron chi connectivity index (χ2n) is 7.62. The quantitative estimate of drug-likeness (QED) is 0.187. The highest BCUT2D eigenvalue weighted by Crippen LogP contribution is 2.67. The van der Waals surface area contributed by atoms with Gasteiger partial charge in [-0.3, -0.25) is 0 Å². The molecule has 0 saturated heterocycles. The van der Waals surface area contributed by atoms with Crippen molar-refractivity contribution in [1.82, 2.24) is 0 Å². The largest absolute Gasteiger partial charge is 0.396 e. The van der Waals surface area contributed by atoms with Crippen LogP contribution < -0.4 is 0 Å². The van der Waals surface area contributed by atoms with E-state index in [1.54, 1.807) is 0 Å². The summed E-state index contributed by atoms with van der Waals surface area (Å²) in [5.41, 5.74) is 0. The zero-order valence-electron chi connectivity index (χ0n) is 17.7. The van der Waals surface area contributed by atoms with Crippen molar-refractivity contribution in [2.75, 3.05) is 6.61 Å². The van der Waals surface area contributed by atoms with E-state index in [1.807, 2.05) is 0 Å². The average Bonchev–Trinajstić information content (AvgIpc) is 2.75. The average molecular weight is 660 g/mol. The fourth-order valence-corrected chi connectivity index (χ4v) is 2.41. The second-order valence-corrected chi connectivity index (χ2v) is 7.62. The molecule has 242 valence electrons. The van der Waals surface area contributed by atoms with Gasteiger partial charge in [0.2, 0.25) is 0 Å². The topological polar surface area (TPSA) is 20.2 Å². The molecule has 40 heavy (non-hydrogen) atoms. The molecule has 0 atom stereocenters. The summed E-state index contributed by atoms with van der Waals surface area (Å²) in [6, 6.07) is 0. The first-order valence-corrected chi connectivity index (χ1v) is 9.05. The molecule has 1 nitrogen and oxygen atoms in total. The molecule has 25 heteroatoms. The Morgan fingerprint density at radius 3 is 0.825 bits per heavy atom. The van der Waals surface area contributed by atoms with Crippen LogP contribution >= 0.6 is 0 Å². The first-order chi connectivity index (χ1) is 17.0. The Hall–Kier alpha value is -1.72. The van der Waals surface area contributed by atoms with E-state index in [0.29, 0.717) is 0 Å². The van der Waals surface area contributed by atoms with Gasteiger partial charge in [-0.1, -0.05) is 0 Å². The van der Waals surface area contributed by atoms with Crippen LogP contribution in [-0.2, 0) is 0 Å². The number of aliphatic hydroxyl groups excluding tert-OH is 1. The van der Waals surface area contributed by atoms with Crippen molar-refractivity contribution in [2.24, 2.45) is 0 Å². The number of hydrogen-bond acceptors (Lipinski definition) is 1. The van der Waals surface area contributed by atoms with Crippen molar-refractivity contribution < 1.29 is 110 Å². The van der Waals surface area contributed by atoms with E-state index in [-0.39, 0.29) is 0 Å². The zero-order valence-corrected chi connectivity index (χ0v) is 17.7. The molecule has 0 bridgehead atoms. The molecular formula is C15H8F24O. The highest BCUT2D eigenvalue weighted by atomic mass is 19.4. The molecule has 0 aromatic heterocycles. The summed E-state index contributed by atoms with van der Waals surface area (Å²) in [6.07, 6.45) is -10.9. The molecule has 0 heterocycles. The molecule has 0 amide bonds. The van der Waals surface area contributed by atoms with Crippen LogP contribution in [0.25, 0.3) is 0 Å². The zero-order chi connectivity index (χ0) is 33.2. The molecule has 0 saturated carbocycles. The van der Waals surface area contributed by atoms with Crippen molar-refractivity contribution >= 4 is 0 Å². The van der Waals surface area contributed by atoms with Gasteiger partial charge in [-0.05, 0) is 6.42 Å². The Morgan fingerprint density at radius 1 is 0.375 bits per heavy atom. The molecule has 0 radical (unpaired) electrons. The maximum Gasteiger partial charge on any atom is 0.385 e. The Balaban J connectivity index is 7.20. The second kappa shape index (κ2) is 9.93. The van der Waals surface area contributed by atoms with Crippen LogP contribution in [0, 0.1) is 0 Å². The monoisotopic (exact) mass is 660 g/mol. The highest BCUT2D eigenvalue weighted by Gasteiger charge is 2.98. The van der Waals surface area contributed by atoms with Crippen LogP contribution in [0.15, 0.2) is 0 Å². The predicted octanol–water partition coefficient (Wildman–Crippen LogP) is 8.01. The molecule has 0 spiro atoms. The molecule has 0 unspecified atom stereocenters. The maximum atomic E-state index is 13.6. The molecule has 0 aliphatic rings. The lowest BCUT2D eigenvalue weighted by atomic mass is 9.84. The normalized spacial score (nSPS) is 16.6. The van der Waals surface area contributed by atoms with Crippen LogP contribution in [0.5, 0.6) is 0 Å². The molecule has 0 aliphatic carbocycles. The lowest BCUT2D eigenvalue weighted by Crippen LogP contribution is -2.78. The first-order valence-electron chi connectivity index (χ1n) is 9.05. The minimum Gasteiger partial charge on any atom is -0.396 e. The fourth-order valence-electron chi connectivity index (χ4n) is 2.41. The van der Waals surface area contributed by atoms with Gasteiger partial charge in [0.1, 0.15) is 0 Å². The van der Waals surface area contributed by atoms with Gasteiger partial charge < -0.3 is 5.11 Å². The van der Waals surface area contributed by atoms with E-state index >= 15 is 0 Å². The highest BCUT2D eigenvalue weighted by molar-refractivity contribution is 5.19. The van der Waals surface area contributed by atoms with Crippen LogP contribution in [-0.4, -0.2) is 83.3 Å². The number of alkyl halides is 24. The van der Waals surface area contributed by atoms with E-state index in [1.165, 1.54) is 0 Å². The Morgan fingerprint density at radius 2 is 0.600 bits per heavy atom. The van der Waals surface area contributed by atoms with Gasteiger partial charge in [-0.2, -0.15) is 96.6 Å². The summed E-state index contributed by atoms with van der Waals surface area (Å²) in [5.74, 6) is -96.0. The summed E-state index contributed by atoms with van der Waals surface area (Å²) >= 11 is 0. The van der Waals surface area contributed by atoms with Crippen molar-refractivity contribution in [3.8, 4) is 0 Å². The Labute approximate surface area is 203 Å². The molecule has 0 aliphatic heterocycles. The van der Waals surface area contributed by atoms with Crippen molar-refractivity contribution in [2.45, 2.75) is 84.4 Å². The first kappa shape index (κ1) is 38.3.